The minimum absolute atomic E-state index is 0.289. The van der Waals surface area contributed by atoms with Crippen molar-refractivity contribution in [1.82, 2.24) is 0 Å². The lowest BCUT2D eigenvalue weighted by atomic mass is 10.0. The van der Waals surface area contributed by atoms with E-state index < -0.39 is 11.9 Å². The summed E-state index contributed by atoms with van der Waals surface area (Å²) in [5.74, 6) is 0.467. The molecule has 17 heavy (non-hydrogen) atoms. The number of rotatable bonds is 3. The topological polar surface area (TPSA) is 48.4 Å². The summed E-state index contributed by atoms with van der Waals surface area (Å²) in [5.41, 5.74) is 6.26. The van der Waals surface area contributed by atoms with E-state index in [2.05, 4.69) is 15.9 Å². The van der Waals surface area contributed by atoms with Gasteiger partial charge in [0, 0.05) is 0 Å². The summed E-state index contributed by atoms with van der Waals surface area (Å²) < 4.78 is 24.7. The zero-order valence-corrected chi connectivity index (χ0v) is 10.7. The Labute approximate surface area is 106 Å². The molecule has 5 heteroatoms. The van der Waals surface area contributed by atoms with Gasteiger partial charge in [0.1, 0.15) is 17.3 Å². The summed E-state index contributed by atoms with van der Waals surface area (Å²) in [5, 5.41) is 0. The molecule has 0 saturated heterocycles. The zero-order chi connectivity index (χ0) is 12.4. The molecule has 2 rings (SSSR count). The average molecular weight is 300 g/mol. The van der Waals surface area contributed by atoms with Crippen LogP contribution in [0.15, 0.2) is 39.4 Å². The molecular formula is C12H11BrFNO2. The average Bonchev–Trinajstić information content (AvgIpc) is 2.74. The van der Waals surface area contributed by atoms with Gasteiger partial charge >= 0.3 is 0 Å². The van der Waals surface area contributed by atoms with E-state index in [0.717, 1.165) is 0 Å². The number of hydrogen-bond donors (Lipinski definition) is 1. The SMILES string of the molecule is COc1cccc(F)c1C(N)c1ccc(Br)o1. The second-order valence-electron chi connectivity index (χ2n) is 3.48. The van der Waals surface area contributed by atoms with E-state index in [1.54, 1.807) is 24.3 Å². The van der Waals surface area contributed by atoms with E-state index >= 15 is 0 Å². The Balaban J connectivity index is 2.46. The molecular weight excluding hydrogens is 289 g/mol. The highest BCUT2D eigenvalue weighted by molar-refractivity contribution is 9.10. The van der Waals surface area contributed by atoms with Gasteiger partial charge in [-0.05, 0) is 40.2 Å². The van der Waals surface area contributed by atoms with Crippen molar-refractivity contribution in [2.24, 2.45) is 5.73 Å². The first-order chi connectivity index (χ1) is 8.13. The van der Waals surface area contributed by atoms with Gasteiger partial charge in [-0.1, -0.05) is 6.07 Å². The molecule has 0 aliphatic carbocycles. The molecule has 1 unspecified atom stereocenters. The predicted molar refractivity (Wildman–Crippen MR) is 65.4 cm³/mol. The summed E-state index contributed by atoms with van der Waals surface area (Å²) in [6, 6.07) is 7.29. The van der Waals surface area contributed by atoms with Crippen molar-refractivity contribution >= 4 is 15.9 Å². The number of ether oxygens (including phenoxy) is 1. The fourth-order valence-corrected chi connectivity index (χ4v) is 1.95. The van der Waals surface area contributed by atoms with Crippen molar-refractivity contribution in [2.45, 2.75) is 6.04 Å². The van der Waals surface area contributed by atoms with Gasteiger partial charge in [-0.15, -0.1) is 0 Å². The van der Waals surface area contributed by atoms with Gasteiger partial charge in [0.05, 0.1) is 18.7 Å². The van der Waals surface area contributed by atoms with E-state index in [1.165, 1.54) is 13.2 Å². The fourth-order valence-electron chi connectivity index (χ4n) is 1.63. The largest absolute Gasteiger partial charge is 0.496 e. The van der Waals surface area contributed by atoms with Crippen molar-refractivity contribution in [1.29, 1.82) is 0 Å². The summed E-state index contributed by atoms with van der Waals surface area (Å²) in [6.07, 6.45) is 0. The summed E-state index contributed by atoms with van der Waals surface area (Å²) in [4.78, 5) is 0. The molecule has 1 heterocycles. The lowest BCUT2D eigenvalue weighted by molar-refractivity contribution is 0.394. The third-order valence-electron chi connectivity index (χ3n) is 2.44. The van der Waals surface area contributed by atoms with E-state index in [1.807, 2.05) is 0 Å². The Morgan fingerprint density at radius 3 is 2.71 bits per heavy atom. The Bertz CT molecular complexity index is 527. The number of furan rings is 1. The molecule has 1 atom stereocenters. The second kappa shape index (κ2) is 4.89. The van der Waals surface area contributed by atoms with Crippen LogP contribution in [0.3, 0.4) is 0 Å². The number of nitrogens with two attached hydrogens (primary N) is 1. The summed E-state index contributed by atoms with van der Waals surface area (Å²) >= 11 is 3.18. The summed E-state index contributed by atoms with van der Waals surface area (Å²) in [7, 11) is 1.48. The molecule has 0 radical (unpaired) electrons. The van der Waals surface area contributed by atoms with Crippen LogP contribution in [0, 0.1) is 5.82 Å². The molecule has 2 aromatic rings. The number of halogens is 2. The Hall–Kier alpha value is -1.33. The van der Waals surface area contributed by atoms with E-state index in [9.17, 15) is 4.39 Å². The van der Waals surface area contributed by atoms with Crippen molar-refractivity contribution in [3.63, 3.8) is 0 Å². The molecule has 0 bridgehead atoms. The molecule has 90 valence electrons. The van der Waals surface area contributed by atoms with Gasteiger partial charge < -0.3 is 14.9 Å². The Morgan fingerprint density at radius 2 is 2.12 bits per heavy atom. The quantitative estimate of drug-likeness (QED) is 0.946. The molecule has 0 spiro atoms. The van der Waals surface area contributed by atoms with E-state index in [4.69, 9.17) is 14.9 Å². The lowest BCUT2D eigenvalue weighted by Crippen LogP contribution is -2.14. The molecule has 0 aliphatic rings. The molecule has 1 aromatic carbocycles. The summed E-state index contributed by atoms with van der Waals surface area (Å²) in [6.45, 7) is 0. The first-order valence-corrected chi connectivity index (χ1v) is 5.76. The van der Waals surface area contributed by atoms with Gasteiger partial charge in [0.25, 0.3) is 0 Å². The van der Waals surface area contributed by atoms with Crippen LogP contribution in [-0.4, -0.2) is 7.11 Å². The van der Waals surface area contributed by atoms with E-state index in [-0.39, 0.29) is 5.56 Å². The molecule has 2 N–H and O–H groups in total. The molecule has 0 fully saturated rings. The molecule has 3 nitrogen and oxygen atoms in total. The fraction of sp³-hybridized carbons (Fsp3) is 0.167. The van der Waals surface area contributed by atoms with Crippen LogP contribution in [0.1, 0.15) is 17.4 Å². The van der Waals surface area contributed by atoms with Crippen LogP contribution >= 0.6 is 15.9 Å². The van der Waals surface area contributed by atoms with Crippen LogP contribution in [0.25, 0.3) is 0 Å². The number of benzene rings is 1. The van der Waals surface area contributed by atoms with Gasteiger partial charge in [0.15, 0.2) is 4.67 Å². The van der Waals surface area contributed by atoms with Crippen LogP contribution in [0.4, 0.5) is 4.39 Å². The third-order valence-corrected chi connectivity index (χ3v) is 2.87. The Kier molecular flexibility index (Phi) is 3.49. The van der Waals surface area contributed by atoms with Crippen molar-refractivity contribution in [3.05, 3.63) is 52.1 Å². The highest BCUT2D eigenvalue weighted by Crippen LogP contribution is 2.32. The lowest BCUT2D eigenvalue weighted by Gasteiger charge is -2.14. The number of hydrogen-bond acceptors (Lipinski definition) is 3. The minimum Gasteiger partial charge on any atom is -0.496 e. The van der Waals surface area contributed by atoms with Crippen molar-refractivity contribution < 1.29 is 13.5 Å². The maximum atomic E-state index is 13.8. The van der Waals surface area contributed by atoms with Gasteiger partial charge in [-0.2, -0.15) is 0 Å². The maximum Gasteiger partial charge on any atom is 0.169 e. The standard InChI is InChI=1S/C12H11BrFNO2/c1-16-8-4-2-3-7(14)11(8)12(15)9-5-6-10(13)17-9/h2-6,12H,15H2,1H3. The zero-order valence-electron chi connectivity index (χ0n) is 9.11. The van der Waals surface area contributed by atoms with Crippen LogP contribution < -0.4 is 10.5 Å². The second-order valence-corrected chi connectivity index (χ2v) is 4.26. The van der Waals surface area contributed by atoms with E-state index in [0.29, 0.717) is 16.2 Å². The smallest absolute Gasteiger partial charge is 0.169 e. The molecule has 1 aromatic heterocycles. The van der Waals surface area contributed by atoms with Crippen molar-refractivity contribution in [2.75, 3.05) is 7.11 Å². The first-order valence-electron chi connectivity index (χ1n) is 4.96. The van der Waals surface area contributed by atoms with Crippen LogP contribution in [-0.2, 0) is 0 Å². The molecule has 0 aliphatic heterocycles. The van der Waals surface area contributed by atoms with Gasteiger partial charge in [-0.25, -0.2) is 4.39 Å². The highest BCUT2D eigenvalue weighted by Gasteiger charge is 2.21. The number of methoxy groups -OCH3 is 1. The van der Waals surface area contributed by atoms with Crippen LogP contribution in [0.2, 0.25) is 0 Å². The van der Waals surface area contributed by atoms with Gasteiger partial charge in [-0.3, -0.25) is 0 Å². The highest BCUT2D eigenvalue weighted by atomic mass is 79.9. The monoisotopic (exact) mass is 299 g/mol. The van der Waals surface area contributed by atoms with Crippen LogP contribution in [0.5, 0.6) is 5.75 Å². The van der Waals surface area contributed by atoms with Crippen molar-refractivity contribution in [3.8, 4) is 5.75 Å². The third kappa shape index (κ3) is 2.35. The maximum absolute atomic E-state index is 13.8. The van der Waals surface area contributed by atoms with Gasteiger partial charge in [0.2, 0.25) is 0 Å². The molecule has 0 amide bonds. The predicted octanol–water partition coefficient (Wildman–Crippen LogP) is 3.24. The first kappa shape index (κ1) is 12.1. The normalized spacial score (nSPS) is 12.5. The minimum atomic E-state index is -0.697. The molecule has 0 saturated carbocycles. The Morgan fingerprint density at radius 1 is 1.35 bits per heavy atom.